The van der Waals surface area contributed by atoms with E-state index in [4.69, 9.17) is 4.42 Å². The van der Waals surface area contributed by atoms with Crippen molar-refractivity contribution in [2.24, 2.45) is 0 Å². The standard InChI is InChI=1S/C19H19F2N3O4/c1-13(25)24(18-14(20)4-2-5-15(18)21)12-17(26)22-7-9-23(10-8-22)19(27)16-6-3-11-28-16/h2-6,11H,7-10,12H2,1H3. The van der Waals surface area contributed by atoms with Gasteiger partial charge in [-0.05, 0) is 24.3 Å². The molecule has 2 heterocycles. The van der Waals surface area contributed by atoms with Crippen LogP contribution in [0.15, 0.2) is 41.0 Å². The van der Waals surface area contributed by atoms with Crippen molar-refractivity contribution in [2.75, 3.05) is 37.6 Å². The molecule has 0 aliphatic carbocycles. The third-order valence-corrected chi connectivity index (χ3v) is 4.53. The number of amides is 3. The molecule has 7 nitrogen and oxygen atoms in total. The minimum absolute atomic E-state index is 0.220. The first-order valence-electron chi connectivity index (χ1n) is 8.71. The summed E-state index contributed by atoms with van der Waals surface area (Å²) in [5.74, 6) is -2.99. The van der Waals surface area contributed by atoms with Gasteiger partial charge >= 0.3 is 0 Å². The minimum atomic E-state index is -0.920. The number of rotatable bonds is 4. The number of carbonyl (C=O) groups excluding carboxylic acids is 3. The van der Waals surface area contributed by atoms with Crippen LogP contribution in [0.4, 0.5) is 14.5 Å². The van der Waals surface area contributed by atoms with Gasteiger partial charge in [0.2, 0.25) is 11.8 Å². The van der Waals surface area contributed by atoms with E-state index < -0.39 is 35.7 Å². The Morgan fingerprint density at radius 1 is 1.00 bits per heavy atom. The van der Waals surface area contributed by atoms with Gasteiger partial charge in [-0.2, -0.15) is 0 Å². The van der Waals surface area contributed by atoms with E-state index in [0.29, 0.717) is 13.1 Å². The van der Waals surface area contributed by atoms with Gasteiger partial charge in [-0.3, -0.25) is 19.3 Å². The predicted molar refractivity (Wildman–Crippen MR) is 95.6 cm³/mol. The maximum absolute atomic E-state index is 14.0. The van der Waals surface area contributed by atoms with Crippen molar-refractivity contribution in [3.63, 3.8) is 0 Å². The summed E-state index contributed by atoms with van der Waals surface area (Å²) in [6, 6.07) is 6.41. The number of carbonyl (C=O) groups is 3. The number of anilines is 1. The van der Waals surface area contributed by atoms with Crippen LogP contribution in [0, 0.1) is 11.6 Å². The zero-order chi connectivity index (χ0) is 20.3. The summed E-state index contributed by atoms with van der Waals surface area (Å²) in [5.41, 5.74) is -0.546. The van der Waals surface area contributed by atoms with Crippen molar-refractivity contribution in [3.8, 4) is 0 Å². The van der Waals surface area contributed by atoms with Crippen LogP contribution in [-0.2, 0) is 9.59 Å². The van der Waals surface area contributed by atoms with Gasteiger partial charge in [-0.15, -0.1) is 0 Å². The Morgan fingerprint density at radius 2 is 1.61 bits per heavy atom. The molecule has 148 valence electrons. The maximum atomic E-state index is 14.0. The van der Waals surface area contributed by atoms with Crippen molar-refractivity contribution >= 4 is 23.4 Å². The lowest BCUT2D eigenvalue weighted by molar-refractivity contribution is -0.132. The summed E-state index contributed by atoms with van der Waals surface area (Å²) in [6.45, 7) is 1.73. The molecule has 3 amide bonds. The summed E-state index contributed by atoms with van der Waals surface area (Å²) in [6.07, 6.45) is 1.41. The Morgan fingerprint density at radius 3 is 2.14 bits per heavy atom. The summed E-state index contributed by atoms with van der Waals surface area (Å²) in [7, 11) is 0. The van der Waals surface area contributed by atoms with Crippen molar-refractivity contribution in [3.05, 3.63) is 54.0 Å². The first kappa shape index (κ1) is 19.5. The zero-order valence-corrected chi connectivity index (χ0v) is 15.2. The molecule has 1 aliphatic rings. The topological polar surface area (TPSA) is 74.1 Å². The largest absolute Gasteiger partial charge is 0.459 e. The van der Waals surface area contributed by atoms with E-state index in [1.54, 1.807) is 17.0 Å². The predicted octanol–water partition coefficient (Wildman–Crippen LogP) is 1.90. The molecule has 3 rings (SSSR count). The number of para-hydroxylation sites is 1. The van der Waals surface area contributed by atoms with Crippen LogP contribution in [0.3, 0.4) is 0 Å². The number of hydrogen-bond acceptors (Lipinski definition) is 4. The highest BCUT2D eigenvalue weighted by Crippen LogP contribution is 2.23. The van der Waals surface area contributed by atoms with E-state index in [2.05, 4.69) is 0 Å². The van der Waals surface area contributed by atoms with Gasteiger partial charge in [0.05, 0.1) is 6.26 Å². The number of furan rings is 1. The third kappa shape index (κ3) is 4.03. The molecule has 0 atom stereocenters. The van der Waals surface area contributed by atoms with Crippen molar-refractivity contribution in [2.45, 2.75) is 6.92 Å². The molecule has 0 spiro atoms. The molecular formula is C19H19F2N3O4. The first-order chi connectivity index (χ1) is 13.4. The number of benzene rings is 1. The first-order valence-corrected chi connectivity index (χ1v) is 8.71. The van der Waals surface area contributed by atoms with Crippen molar-refractivity contribution < 1.29 is 27.6 Å². The normalized spacial score (nSPS) is 14.1. The highest BCUT2D eigenvalue weighted by atomic mass is 19.1. The summed E-state index contributed by atoms with van der Waals surface area (Å²) in [5, 5.41) is 0. The molecule has 28 heavy (non-hydrogen) atoms. The average molecular weight is 391 g/mol. The van der Waals surface area contributed by atoms with E-state index in [1.807, 2.05) is 0 Å². The molecular weight excluding hydrogens is 372 g/mol. The fourth-order valence-electron chi connectivity index (χ4n) is 3.05. The fraction of sp³-hybridized carbons (Fsp3) is 0.316. The highest BCUT2D eigenvalue weighted by molar-refractivity contribution is 5.97. The van der Waals surface area contributed by atoms with Gasteiger partial charge in [-0.1, -0.05) is 6.07 Å². The van der Waals surface area contributed by atoms with Crippen LogP contribution >= 0.6 is 0 Å². The SMILES string of the molecule is CC(=O)N(CC(=O)N1CCN(C(=O)c2ccco2)CC1)c1c(F)cccc1F. The molecule has 2 aromatic rings. The van der Waals surface area contributed by atoms with Gasteiger partial charge in [0, 0.05) is 33.1 Å². The minimum Gasteiger partial charge on any atom is -0.459 e. The molecule has 1 aromatic carbocycles. The number of halogens is 2. The fourth-order valence-corrected chi connectivity index (χ4v) is 3.05. The molecule has 0 bridgehead atoms. The van der Waals surface area contributed by atoms with E-state index in [-0.39, 0.29) is 24.8 Å². The Balaban J connectivity index is 1.64. The van der Waals surface area contributed by atoms with Gasteiger partial charge in [0.15, 0.2) is 5.76 Å². The lowest BCUT2D eigenvalue weighted by Gasteiger charge is -2.35. The smallest absolute Gasteiger partial charge is 0.289 e. The van der Waals surface area contributed by atoms with Crippen molar-refractivity contribution in [1.82, 2.24) is 9.80 Å². The van der Waals surface area contributed by atoms with Gasteiger partial charge in [0.25, 0.3) is 5.91 Å². The molecule has 1 aliphatic heterocycles. The number of nitrogens with zero attached hydrogens (tertiary/aromatic N) is 3. The maximum Gasteiger partial charge on any atom is 0.289 e. The summed E-state index contributed by atoms with van der Waals surface area (Å²) < 4.78 is 33.1. The summed E-state index contributed by atoms with van der Waals surface area (Å²) in [4.78, 5) is 40.5. The summed E-state index contributed by atoms with van der Waals surface area (Å²) >= 11 is 0. The monoisotopic (exact) mass is 391 g/mol. The Bertz CT molecular complexity index is 857. The Hall–Kier alpha value is -3.23. The van der Waals surface area contributed by atoms with Crippen molar-refractivity contribution in [1.29, 1.82) is 0 Å². The van der Waals surface area contributed by atoms with E-state index in [9.17, 15) is 23.2 Å². The van der Waals surface area contributed by atoms with E-state index >= 15 is 0 Å². The van der Waals surface area contributed by atoms with Gasteiger partial charge < -0.3 is 14.2 Å². The van der Waals surface area contributed by atoms with Crippen LogP contribution < -0.4 is 4.90 Å². The third-order valence-electron chi connectivity index (χ3n) is 4.53. The second-order valence-electron chi connectivity index (χ2n) is 6.33. The van der Waals surface area contributed by atoms with E-state index in [1.165, 1.54) is 17.2 Å². The van der Waals surface area contributed by atoms with Gasteiger partial charge in [-0.25, -0.2) is 8.78 Å². The molecule has 1 saturated heterocycles. The average Bonchev–Trinajstić information content (AvgIpc) is 3.21. The van der Waals surface area contributed by atoms with Crippen LogP contribution in [0.1, 0.15) is 17.5 Å². The molecule has 0 N–H and O–H groups in total. The number of piperazine rings is 1. The quantitative estimate of drug-likeness (QED) is 0.798. The Labute approximate surface area is 160 Å². The lowest BCUT2D eigenvalue weighted by Crippen LogP contribution is -2.53. The van der Waals surface area contributed by atoms with Crippen LogP contribution in [0.2, 0.25) is 0 Å². The molecule has 0 saturated carbocycles. The molecule has 1 aromatic heterocycles. The molecule has 0 unspecified atom stereocenters. The van der Waals surface area contributed by atoms with Gasteiger partial charge in [0.1, 0.15) is 23.9 Å². The molecule has 1 fully saturated rings. The highest BCUT2D eigenvalue weighted by Gasteiger charge is 2.29. The second-order valence-corrected chi connectivity index (χ2v) is 6.33. The van der Waals surface area contributed by atoms with Crippen LogP contribution in [0.5, 0.6) is 0 Å². The molecule has 9 heteroatoms. The zero-order valence-electron chi connectivity index (χ0n) is 15.2. The lowest BCUT2D eigenvalue weighted by atomic mass is 10.2. The van der Waals surface area contributed by atoms with Crippen LogP contribution in [0.25, 0.3) is 0 Å². The molecule has 0 radical (unpaired) electrons. The number of hydrogen-bond donors (Lipinski definition) is 0. The Kier molecular flexibility index (Phi) is 5.72. The van der Waals surface area contributed by atoms with Crippen LogP contribution in [-0.4, -0.2) is 60.2 Å². The van der Waals surface area contributed by atoms with E-state index in [0.717, 1.165) is 24.0 Å². The second kappa shape index (κ2) is 8.20.